The number of rotatable bonds is 4. The van der Waals surface area contributed by atoms with Crippen molar-refractivity contribution in [2.45, 2.75) is 39.2 Å². The Labute approximate surface area is 123 Å². The number of nitrogens with zero attached hydrogens (tertiary/aromatic N) is 4. The maximum absolute atomic E-state index is 6.25. The van der Waals surface area contributed by atoms with Gasteiger partial charge in [-0.15, -0.1) is 5.10 Å². The molecule has 1 aromatic heterocycles. The highest BCUT2D eigenvalue weighted by Gasteiger charge is 2.36. The Bertz CT molecular complexity index is 612. The van der Waals surface area contributed by atoms with E-state index in [0.717, 1.165) is 18.5 Å². The smallest absolute Gasteiger partial charge is 0.183 e. The Hall–Kier alpha value is -1.62. The number of tetrazole rings is 1. The molecule has 1 aliphatic rings. The van der Waals surface area contributed by atoms with Crippen molar-refractivity contribution >= 4 is 17.3 Å². The van der Waals surface area contributed by atoms with E-state index in [-0.39, 0.29) is 0 Å². The lowest BCUT2D eigenvalue weighted by Crippen LogP contribution is -2.34. The van der Waals surface area contributed by atoms with E-state index in [1.54, 1.807) is 12.1 Å². The molecular formula is C14H18ClN5. The second kappa shape index (κ2) is 5.05. The fourth-order valence-electron chi connectivity index (χ4n) is 2.84. The van der Waals surface area contributed by atoms with Crippen molar-refractivity contribution in [2.75, 3.05) is 5.73 Å². The van der Waals surface area contributed by atoms with Crippen molar-refractivity contribution in [1.29, 1.82) is 0 Å². The standard InChI is InChI=1S/C14H18ClN5/c1-2-14(6-3-7-14)9-20-13(17-18-19-20)11-8-10(16)4-5-12(11)15/h4-5,8H,2-3,6-7,9,16H2,1H3. The van der Waals surface area contributed by atoms with Gasteiger partial charge in [-0.1, -0.05) is 24.9 Å². The highest BCUT2D eigenvalue weighted by molar-refractivity contribution is 6.33. The van der Waals surface area contributed by atoms with E-state index in [2.05, 4.69) is 22.4 Å². The summed E-state index contributed by atoms with van der Waals surface area (Å²) in [6.45, 7) is 3.08. The quantitative estimate of drug-likeness (QED) is 0.879. The third kappa shape index (κ3) is 2.26. The minimum atomic E-state index is 0.344. The lowest BCUT2D eigenvalue weighted by Gasteiger charge is -2.41. The molecule has 2 N–H and O–H groups in total. The SMILES string of the molecule is CCC1(Cn2nnnc2-c2cc(N)ccc2Cl)CCC1. The molecule has 0 saturated heterocycles. The third-order valence-corrected chi connectivity index (χ3v) is 4.74. The van der Waals surface area contributed by atoms with Crippen LogP contribution < -0.4 is 5.73 Å². The van der Waals surface area contributed by atoms with Gasteiger partial charge in [0.15, 0.2) is 5.82 Å². The van der Waals surface area contributed by atoms with Crippen molar-refractivity contribution in [3.05, 3.63) is 23.2 Å². The van der Waals surface area contributed by atoms with E-state index in [0.29, 0.717) is 21.9 Å². The molecule has 2 aromatic rings. The first-order valence-corrected chi connectivity index (χ1v) is 7.33. The van der Waals surface area contributed by atoms with Gasteiger partial charge in [-0.05, 0) is 53.3 Å². The van der Waals surface area contributed by atoms with Crippen molar-refractivity contribution < 1.29 is 0 Å². The molecule has 1 aliphatic carbocycles. The molecule has 1 heterocycles. The number of hydrogen-bond acceptors (Lipinski definition) is 4. The van der Waals surface area contributed by atoms with E-state index in [9.17, 15) is 0 Å². The monoisotopic (exact) mass is 291 g/mol. The second-order valence-electron chi connectivity index (χ2n) is 5.61. The van der Waals surface area contributed by atoms with Gasteiger partial charge in [0.25, 0.3) is 0 Å². The molecule has 1 aromatic carbocycles. The van der Waals surface area contributed by atoms with Crippen LogP contribution >= 0.6 is 11.6 Å². The molecule has 0 aliphatic heterocycles. The molecule has 5 nitrogen and oxygen atoms in total. The summed E-state index contributed by atoms with van der Waals surface area (Å²) < 4.78 is 1.86. The van der Waals surface area contributed by atoms with Crippen LogP contribution in [0.2, 0.25) is 5.02 Å². The van der Waals surface area contributed by atoms with Gasteiger partial charge in [0, 0.05) is 11.3 Å². The van der Waals surface area contributed by atoms with Gasteiger partial charge in [0.1, 0.15) is 0 Å². The molecule has 0 unspecified atom stereocenters. The Kier molecular flexibility index (Phi) is 3.38. The van der Waals surface area contributed by atoms with Crippen molar-refractivity contribution in [2.24, 2.45) is 5.41 Å². The summed E-state index contributed by atoms with van der Waals surface area (Å²) in [5.74, 6) is 0.696. The number of anilines is 1. The predicted molar refractivity (Wildman–Crippen MR) is 79.3 cm³/mol. The maximum atomic E-state index is 6.25. The lowest BCUT2D eigenvalue weighted by molar-refractivity contribution is 0.0948. The molecule has 6 heteroatoms. The first kappa shape index (κ1) is 13.4. The second-order valence-corrected chi connectivity index (χ2v) is 6.01. The van der Waals surface area contributed by atoms with Crippen LogP contribution in [0.5, 0.6) is 0 Å². The summed E-state index contributed by atoms with van der Waals surface area (Å²) in [5, 5.41) is 12.7. The zero-order valence-corrected chi connectivity index (χ0v) is 12.3. The first-order valence-electron chi connectivity index (χ1n) is 6.95. The van der Waals surface area contributed by atoms with E-state index in [1.165, 1.54) is 19.3 Å². The Balaban J connectivity index is 1.96. The number of aromatic nitrogens is 4. The summed E-state index contributed by atoms with van der Waals surface area (Å²) in [7, 11) is 0. The van der Waals surface area contributed by atoms with E-state index < -0.39 is 0 Å². The number of nitrogens with two attached hydrogens (primary N) is 1. The van der Waals surface area contributed by atoms with Crippen LogP contribution in [0.25, 0.3) is 11.4 Å². The summed E-state index contributed by atoms with van der Waals surface area (Å²) in [6.07, 6.45) is 4.93. The van der Waals surface area contributed by atoms with Crippen molar-refractivity contribution in [3.8, 4) is 11.4 Å². The fraction of sp³-hybridized carbons (Fsp3) is 0.500. The van der Waals surface area contributed by atoms with Gasteiger partial charge in [-0.25, -0.2) is 4.68 Å². The highest BCUT2D eigenvalue weighted by atomic mass is 35.5. The topological polar surface area (TPSA) is 69.6 Å². The van der Waals surface area contributed by atoms with Crippen LogP contribution in [0.15, 0.2) is 18.2 Å². The van der Waals surface area contributed by atoms with Crippen LogP contribution in [-0.4, -0.2) is 20.2 Å². The van der Waals surface area contributed by atoms with Crippen LogP contribution in [0.3, 0.4) is 0 Å². The molecule has 1 fully saturated rings. The lowest BCUT2D eigenvalue weighted by atomic mass is 9.67. The van der Waals surface area contributed by atoms with Crippen molar-refractivity contribution in [1.82, 2.24) is 20.2 Å². The Morgan fingerprint density at radius 1 is 1.40 bits per heavy atom. The fourth-order valence-corrected chi connectivity index (χ4v) is 3.04. The zero-order chi connectivity index (χ0) is 14.2. The van der Waals surface area contributed by atoms with E-state index >= 15 is 0 Å². The van der Waals surface area contributed by atoms with Gasteiger partial charge >= 0.3 is 0 Å². The number of halogens is 1. The van der Waals surface area contributed by atoms with Gasteiger partial charge in [-0.2, -0.15) is 0 Å². The van der Waals surface area contributed by atoms with Gasteiger partial charge < -0.3 is 5.73 Å². The minimum absolute atomic E-state index is 0.344. The molecular weight excluding hydrogens is 274 g/mol. The molecule has 0 bridgehead atoms. The normalized spacial score (nSPS) is 16.9. The first-order chi connectivity index (χ1) is 9.63. The molecule has 0 radical (unpaired) electrons. The third-order valence-electron chi connectivity index (χ3n) is 4.41. The molecule has 0 atom stereocenters. The molecule has 3 rings (SSSR count). The number of benzene rings is 1. The van der Waals surface area contributed by atoms with Crippen molar-refractivity contribution in [3.63, 3.8) is 0 Å². The van der Waals surface area contributed by atoms with Gasteiger partial charge in [0.2, 0.25) is 0 Å². The minimum Gasteiger partial charge on any atom is -0.399 e. The number of nitrogen functional groups attached to an aromatic ring is 1. The molecule has 106 valence electrons. The average Bonchev–Trinajstić information content (AvgIpc) is 2.84. The summed E-state index contributed by atoms with van der Waals surface area (Å²) >= 11 is 6.25. The van der Waals surface area contributed by atoms with Crippen LogP contribution in [0, 0.1) is 5.41 Å². The van der Waals surface area contributed by atoms with E-state index in [4.69, 9.17) is 17.3 Å². The van der Waals surface area contributed by atoms with Gasteiger partial charge in [0.05, 0.1) is 11.6 Å². The predicted octanol–water partition coefficient (Wildman–Crippen LogP) is 3.16. The molecule has 1 saturated carbocycles. The molecule has 0 spiro atoms. The van der Waals surface area contributed by atoms with Crippen LogP contribution in [0.4, 0.5) is 5.69 Å². The average molecular weight is 292 g/mol. The summed E-state index contributed by atoms with van der Waals surface area (Å²) in [4.78, 5) is 0. The largest absolute Gasteiger partial charge is 0.399 e. The Morgan fingerprint density at radius 3 is 2.85 bits per heavy atom. The summed E-state index contributed by atoms with van der Waals surface area (Å²) in [6, 6.07) is 5.38. The molecule has 0 amide bonds. The van der Waals surface area contributed by atoms with Crippen LogP contribution in [-0.2, 0) is 6.54 Å². The van der Waals surface area contributed by atoms with Crippen LogP contribution in [0.1, 0.15) is 32.6 Å². The van der Waals surface area contributed by atoms with Gasteiger partial charge in [-0.3, -0.25) is 0 Å². The number of hydrogen-bond donors (Lipinski definition) is 1. The molecule has 20 heavy (non-hydrogen) atoms. The summed E-state index contributed by atoms with van der Waals surface area (Å²) in [5.41, 5.74) is 7.64. The highest BCUT2D eigenvalue weighted by Crippen LogP contribution is 2.45. The van der Waals surface area contributed by atoms with E-state index in [1.807, 2.05) is 10.7 Å². The Morgan fingerprint density at radius 2 is 2.20 bits per heavy atom. The zero-order valence-electron chi connectivity index (χ0n) is 11.5. The maximum Gasteiger partial charge on any atom is 0.183 e.